The monoisotopic (exact) mass is 361 g/mol. The predicted molar refractivity (Wildman–Crippen MR) is 103 cm³/mol. The topological polar surface area (TPSA) is 48.4 Å². The third kappa shape index (κ3) is 5.24. The maximum Gasteiger partial charge on any atom is 0.362 e. The van der Waals surface area contributed by atoms with Crippen LogP contribution in [0.25, 0.3) is 11.3 Å². The first kappa shape index (κ1) is 19.8. The maximum absolute atomic E-state index is 13.6. The van der Waals surface area contributed by atoms with Gasteiger partial charge in [-0.2, -0.15) is 0 Å². The van der Waals surface area contributed by atoms with E-state index in [1.165, 1.54) is 0 Å². The molecule has 5 heteroatoms. The van der Waals surface area contributed by atoms with E-state index in [1.54, 1.807) is 6.20 Å². The first-order chi connectivity index (χ1) is 12.1. The molecule has 25 heavy (non-hydrogen) atoms. The molecule has 0 atom stereocenters. The Kier molecular flexibility index (Phi) is 7.83. The summed E-state index contributed by atoms with van der Waals surface area (Å²) in [6.45, 7) is 7.01. The molecule has 0 aliphatic heterocycles. The van der Waals surface area contributed by atoms with Gasteiger partial charge in [0.15, 0.2) is 0 Å². The highest BCUT2D eigenvalue weighted by molar-refractivity contribution is 7.62. The Morgan fingerprint density at radius 3 is 2.20 bits per heavy atom. The molecule has 0 fully saturated rings. The molecular formula is C20H28NO3P. The van der Waals surface area contributed by atoms with Crippen molar-refractivity contribution in [3.63, 3.8) is 0 Å². The second-order valence-electron chi connectivity index (χ2n) is 6.06. The van der Waals surface area contributed by atoms with Crippen LogP contribution in [-0.4, -0.2) is 18.2 Å². The minimum atomic E-state index is -3.40. The van der Waals surface area contributed by atoms with E-state index in [-0.39, 0.29) is 0 Å². The lowest BCUT2D eigenvalue weighted by Crippen LogP contribution is -2.16. The number of aromatic nitrogens is 1. The maximum atomic E-state index is 13.6. The fourth-order valence-electron chi connectivity index (χ4n) is 2.56. The van der Waals surface area contributed by atoms with Gasteiger partial charge < -0.3 is 9.05 Å². The molecule has 136 valence electrons. The Bertz CT molecular complexity index is 689. The van der Waals surface area contributed by atoms with Crippen LogP contribution in [0.4, 0.5) is 0 Å². The van der Waals surface area contributed by atoms with Crippen molar-refractivity contribution in [2.24, 2.45) is 0 Å². The zero-order valence-corrected chi connectivity index (χ0v) is 16.3. The van der Waals surface area contributed by atoms with Crippen molar-refractivity contribution in [2.75, 3.05) is 13.2 Å². The molecule has 1 aromatic heterocycles. The largest absolute Gasteiger partial charge is 0.362 e. The summed E-state index contributed by atoms with van der Waals surface area (Å²) in [5, 5.41) is 0.610. The average molecular weight is 361 g/mol. The number of pyridine rings is 1. The normalized spacial score (nSPS) is 11.6. The van der Waals surface area contributed by atoms with Crippen LogP contribution in [0.3, 0.4) is 0 Å². The lowest BCUT2D eigenvalue weighted by atomic mass is 10.1. The number of rotatable bonds is 10. The van der Waals surface area contributed by atoms with Crippen molar-refractivity contribution in [3.8, 4) is 11.3 Å². The summed E-state index contributed by atoms with van der Waals surface area (Å²) in [4.78, 5) is 4.44. The van der Waals surface area contributed by atoms with E-state index in [0.717, 1.165) is 42.5 Å². The van der Waals surface area contributed by atoms with E-state index in [1.807, 2.05) is 43.3 Å². The number of unbranched alkanes of at least 4 members (excludes halogenated alkanes) is 2. The quantitative estimate of drug-likeness (QED) is 0.414. The SMILES string of the molecule is CCCCOP(=O)(OCCCC)c1cccc(C)c1-c1ccccn1. The molecular weight excluding hydrogens is 333 g/mol. The van der Waals surface area contributed by atoms with E-state index < -0.39 is 7.60 Å². The minimum Gasteiger partial charge on any atom is -0.305 e. The molecule has 1 aromatic carbocycles. The lowest BCUT2D eigenvalue weighted by molar-refractivity contribution is 0.208. The van der Waals surface area contributed by atoms with E-state index in [9.17, 15) is 4.57 Å². The fraction of sp³-hybridized carbons (Fsp3) is 0.450. The van der Waals surface area contributed by atoms with Gasteiger partial charge in [-0.3, -0.25) is 9.55 Å². The van der Waals surface area contributed by atoms with Crippen molar-refractivity contribution in [3.05, 3.63) is 48.2 Å². The molecule has 2 rings (SSSR count). The van der Waals surface area contributed by atoms with Crippen molar-refractivity contribution < 1.29 is 13.6 Å². The van der Waals surface area contributed by atoms with Gasteiger partial charge in [0.05, 0.1) is 24.2 Å². The summed E-state index contributed by atoms with van der Waals surface area (Å²) in [7, 11) is -3.40. The van der Waals surface area contributed by atoms with Gasteiger partial charge in [-0.1, -0.05) is 44.9 Å². The first-order valence-corrected chi connectivity index (χ1v) is 10.6. The Morgan fingerprint density at radius 2 is 1.64 bits per heavy atom. The van der Waals surface area contributed by atoms with Gasteiger partial charge in [0, 0.05) is 11.8 Å². The molecule has 1 heterocycles. The molecule has 0 saturated heterocycles. The summed E-state index contributed by atoms with van der Waals surface area (Å²) in [6.07, 6.45) is 5.41. The Labute approximate surface area is 151 Å². The molecule has 0 amide bonds. The van der Waals surface area contributed by atoms with Gasteiger partial charge >= 0.3 is 7.60 Å². The fourth-order valence-corrected chi connectivity index (χ4v) is 4.48. The zero-order chi connectivity index (χ0) is 18.1. The summed E-state index contributed by atoms with van der Waals surface area (Å²) in [5.74, 6) is 0. The van der Waals surface area contributed by atoms with Crippen molar-refractivity contribution in [1.82, 2.24) is 4.98 Å². The number of nitrogens with zero attached hydrogens (tertiary/aromatic N) is 1. The van der Waals surface area contributed by atoms with Gasteiger partial charge in [-0.25, -0.2) is 0 Å². The molecule has 0 saturated carbocycles. The smallest absolute Gasteiger partial charge is 0.305 e. The van der Waals surface area contributed by atoms with Crippen LogP contribution in [0.5, 0.6) is 0 Å². The van der Waals surface area contributed by atoms with E-state index in [2.05, 4.69) is 18.8 Å². The first-order valence-electron chi connectivity index (χ1n) is 9.03. The third-order valence-electron chi connectivity index (χ3n) is 3.99. The van der Waals surface area contributed by atoms with Crippen molar-refractivity contribution in [1.29, 1.82) is 0 Å². The van der Waals surface area contributed by atoms with Gasteiger partial charge in [-0.05, 0) is 43.5 Å². The molecule has 0 spiro atoms. The van der Waals surface area contributed by atoms with Crippen LogP contribution in [0, 0.1) is 6.92 Å². The zero-order valence-electron chi connectivity index (χ0n) is 15.4. The molecule has 0 N–H and O–H groups in total. The molecule has 0 unspecified atom stereocenters. The summed E-state index contributed by atoms with van der Waals surface area (Å²) < 4.78 is 25.3. The summed E-state index contributed by atoms with van der Waals surface area (Å²) in [5.41, 5.74) is 2.64. The highest BCUT2D eigenvalue weighted by atomic mass is 31.2. The van der Waals surface area contributed by atoms with E-state index >= 15 is 0 Å². The molecule has 0 aliphatic rings. The average Bonchev–Trinajstić information content (AvgIpc) is 2.63. The molecule has 2 aromatic rings. The van der Waals surface area contributed by atoms with Crippen LogP contribution in [0.1, 0.15) is 45.1 Å². The second kappa shape index (κ2) is 9.86. The number of benzene rings is 1. The van der Waals surface area contributed by atoms with E-state index in [4.69, 9.17) is 9.05 Å². The van der Waals surface area contributed by atoms with E-state index in [0.29, 0.717) is 18.5 Å². The van der Waals surface area contributed by atoms with Crippen LogP contribution in [0.2, 0.25) is 0 Å². The van der Waals surface area contributed by atoms with Crippen molar-refractivity contribution >= 4 is 12.9 Å². The summed E-state index contributed by atoms with van der Waals surface area (Å²) >= 11 is 0. The Balaban J connectivity index is 2.45. The second-order valence-corrected chi connectivity index (χ2v) is 8.05. The van der Waals surface area contributed by atoms with Gasteiger partial charge in [-0.15, -0.1) is 0 Å². The lowest BCUT2D eigenvalue weighted by Gasteiger charge is -2.22. The van der Waals surface area contributed by atoms with Gasteiger partial charge in [0.2, 0.25) is 0 Å². The van der Waals surface area contributed by atoms with Gasteiger partial charge in [0.1, 0.15) is 0 Å². The molecule has 0 radical (unpaired) electrons. The highest BCUT2D eigenvalue weighted by Crippen LogP contribution is 2.50. The number of aryl methyl sites for hydroxylation is 1. The standard InChI is InChI=1S/C20H28NO3P/c1-4-6-15-23-25(22,24-16-7-5-2)19-13-10-11-17(3)20(19)18-12-8-9-14-21-18/h8-14H,4-7,15-16H2,1-3H3. The Hall–Kier alpha value is -1.48. The van der Waals surface area contributed by atoms with Crippen LogP contribution < -0.4 is 5.30 Å². The van der Waals surface area contributed by atoms with Crippen LogP contribution >= 0.6 is 7.60 Å². The van der Waals surface area contributed by atoms with Gasteiger partial charge in [0.25, 0.3) is 0 Å². The van der Waals surface area contributed by atoms with Crippen LogP contribution in [-0.2, 0) is 13.6 Å². The molecule has 4 nitrogen and oxygen atoms in total. The predicted octanol–water partition coefficient (Wildman–Crippen LogP) is 5.51. The van der Waals surface area contributed by atoms with Crippen molar-refractivity contribution in [2.45, 2.75) is 46.5 Å². The molecule has 0 aliphatic carbocycles. The summed E-state index contributed by atoms with van der Waals surface area (Å²) in [6, 6.07) is 11.5. The minimum absolute atomic E-state index is 0.426. The third-order valence-corrected chi connectivity index (χ3v) is 5.99. The number of hydrogen-bond donors (Lipinski definition) is 0. The number of hydrogen-bond acceptors (Lipinski definition) is 4. The molecule has 0 bridgehead atoms. The van der Waals surface area contributed by atoms with Crippen LogP contribution in [0.15, 0.2) is 42.6 Å². The highest BCUT2D eigenvalue weighted by Gasteiger charge is 2.31. The Morgan fingerprint density at radius 1 is 0.960 bits per heavy atom.